The molecule has 0 fully saturated rings. The predicted octanol–water partition coefficient (Wildman–Crippen LogP) is 5.53. The Kier molecular flexibility index (Phi) is 6.51. The van der Waals surface area contributed by atoms with Crippen molar-refractivity contribution in [2.45, 2.75) is 12.0 Å². The second-order valence-electron chi connectivity index (χ2n) is 4.83. The molecule has 0 aliphatic heterocycles. The first kappa shape index (κ1) is 17.1. The van der Waals surface area contributed by atoms with Gasteiger partial charge in [0.05, 0.1) is 11.0 Å². The summed E-state index contributed by atoms with van der Waals surface area (Å²) in [5, 5.41) is 0. The Hall–Kier alpha value is -1.27. The van der Waals surface area contributed by atoms with Crippen LogP contribution in [0.3, 0.4) is 0 Å². The van der Waals surface area contributed by atoms with Gasteiger partial charge in [-0.05, 0) is 11.1 Å². The van der Waals surface area contributed by atoms with E-state index in [1.807, 2.05) is 36.4 Å². The molecule has 2 rings (SSSR count). The maximum absolute atomic E-state index is 14.1. The molecule has 0 aromatic heterocycles. The molecule has 1 unspecified atom stereocenters. The molecule has 2 aromatic rings. The summed E-state index contributed by atoms with van der Waals surface area (Å²) in [5.41, 5.74) is 1.51. The second kappa shape index (κ2) is 8.39. The van der Waals surface area contributed by atoms with Gasteiger partial charge in [0.1, 0.15) is 6.10 Å². The quantitative estimate of drug-likeness (QED) is 0.428. The molecule has 0 amide bonds. The highest BCUT2D eigenvalue weighted by Crippen LogP contribution is 2.36. The van der Waals surface area contributed by atoms with Crippen molar-refractivity contribution in [1.82, 2.24) is 0 Å². The molecule has 0 N–H and O–H groups in total. The molecule has 116 valence electrons. The molecule has 4 heteroatoms. The molecular formula is C18H17F2IO. The number of ether oxygens (including phenoxy) is 1. The van der Waals surface area contributed by atoms with Crippen LogP contribution in [0.5, 0.6) is 0 Å². The molecule has 0 bridgehead atoms. The van der Waals surface area contributed by atoms with Crippen LogP contribution in [0.25, 0.3) is 6.08 Å². The predicted molar refractivity (Wildman–Crippen MR) is 94.4 cm³/mol. The van der Waals surface area contributed by atoms with Gasteiger partial charge in [0, 0.05) is 0 Å². The highest BCUT2D eigenvalue weighted by molar-refractivity contribution is 14.1. The zero-order valence-electron chi connectivity index (χ0n) is 12.0. The summed E-state index contributed by atoms with van der Waals surface area (Å²) in [4.78, 5) is 0. The van der Waals surface area contributed by atoms with Crippen molar-refractivity contribution in [3.05, 3.63) is 77.9 Å². The third-order valence-corrected chi connectivity index (χ3v) is 4.15. The standard InChI is InChI=1S/C18H17F2IO/c19-18(20,14-21)17(16-11-5-2-6-12-16)22-13-7-10-15-8-3-1-4-9-15/h1-12,17H,13-14H2/b10-7+. The molecule has 1 atom stereocenters. The number of alkyl halides is 3. The normalized spacial score (nSPS) is 13.4. The van der Waals surface area contributed by atoms with E-state index < -0.39 is 12.0 Å². The zero-order chi connectivity index (χ0) is 15.8. The molecular weight excluding hydrogens is 397 g/mol. The highest BCUT2D eigenvalue weighted by Gasteiger charge is 2.40. The van der Waals surface area contributed by atoms with Crippen LogP contribution in [0.2, 0.25) is 0 Å². The van der Waals surface area contributed by atoms with Crippen molar-refractivity contribution in [2.24, 2.45) is 0 Å². The Labute approximate surface area is 143 Å². The lowest BCUT2D eigenvalue weighted by molar-refractivity contribution is -0.117. The van der Waals surface area contributed by atoms with Crippen LogP contribution in [-0.2, 0) is 4.74 Å². The molecule has 0 aliphatic rings. The van der Waals surface area contributed by atoms with Crippen molar-refractivity contribution in [2.75, 3.05) is 11.0 Å². The van der Waals surface area contributed by atoms with Crippen LogP contribution in [0, 0.1) is 0 Å². The summed E-state index contributed by atoms with van der Waals surface area (Å²) < 4.78 is 33.4. The molecule has 1 nitrogen and oxygen atoms in total. The molecule has 22 heavy (non-hydrogen) atoms. The Morgan fingerprint density at radius 3 is 2.18 bits per heavy atom. The summed E-state index contributed by atoms with van der Waals surface area (Å²) in [7, 11) is 0. The summed E-state index contributed by atoms with van der Waals surface area (Å²) in [6.07, 6.45) is 2.39. The van der Waals surface area contributed by atoms with Crippen molar-refractivity contribution >= 4 is 28.7 Å². The third kappa shape index (κ3) is 4.88. The van der Waals surface area contributed by atoms with E-state index in [2.05, 4.69) is 0 Å². The van der Waals surface area contributed by atoms with Gasteiger partial charge in [0.2, 0.25) is 0 Å². The summed E-state index contributed by atoms with van der Waals surface area (Å²) in [6, 6.07) is 18.3. The summed E-state index contributed by atoms with van der Waals surface area (Å²) in [5.74, 6) is -2.90. The van der Waals surface area contributed by atoms with E-state index in [0.717, 1.165) is 5.56 Å². The number of hydrogen-bond acceptors (Lipinski definition) is 1. The first-order valence-electron chi connectivity index (χ1n) is 6.95. The monoisotopic (exact) mass is 414 g/mol. The minimum atomic E-state index is -2.90. The van der Waals surface area contributed by atoms with E-state index in [4.69, 9.17) is 4.74 Å². The minimum absolute atomic E-state index is 0.140. The topological polar surface area (TPSA) is 9.23 Å². The maximum atomic E-state index is 14.1. The lowest BCUT2D eigenvalue weighted by Crippen LogP contribution is -2.30. The van der Waals surface area contributed by atoms with Crippen molar-refractivity contribution < 1.29 is 13.5 Å². The van der Waals surface area contributed by atoms with Gasteiger partial charge in [0.15, 0.2) is 0 Å². The van der Waals surface area contributed by atoms with Crippen LogP contribution in [0.4, 0.5) is 8.78 Å². The number of benzene rings is 2. The Morgan fingerprint density at radius 1 is 1.00 bits per heavy atom. The van der Waals surface area contributed by atoms with Gasteiger partial charge < -0.3 is 4.74 Å². The summed E-state index contributed by atoms with van der Waals surface area (Å²) in [6.45, 7) is 0.140. The Balaban J connectivity index is 2.03. The van der Waals surface area contributed by atoms with Gasteiger partial charge in [-0.2, -0.15) is 0 Å². The van der Waals surface area contributed by atoms with Crippen molar-refractivity contribution in [3.63, 3.8) is 0 Å². The highest BCUT2D eigenvalue weighted by atomic mass is 127. The SMILES string of the molecule is FC(F)(CI)C(OC/C=C/c1ccccc1)c1ccccc1. The molecule has 0 aliphatic carbocycles. The summed E-state index contributed by atoms with van der Waals surface area (Å²) >= 11 is 1.69. The van der Waals surface area contributed by atoms with Crippen LogP contribution in [-0.4, -0.2) is 17.0 Å². The van der Waals surface area contributed by atoms with E-state index in [1.54, 1.807) is 59.0 Å². The first-order valence-corrected chi connectivity index (χ1v) is 8.48. The fourth-order valence-electron chi connectivity index (χ4n) is 2.06. The van der Waals surface area contributed by atoms with E-state index in [9.17, 15) is 8.78 Å². The lowest BCUT2D eigenvalue weighted by Gasteiger charge is -2.25. The van der Waals surface area contributed by atoms with E-state index in [-0.39, 0.29) is 11.0 Å². The number of rotatable bonds is 7. The molecule has 0 radical (unpaired) electrons. The fourth-order valence-corrected chi connectivity index (χ4v) is 2.46. The average Bonchev–Trinajstić information content (AvgIpc) is 2.56. The van der Waals surface area contributed by atoms with Crippen LogP contribution in [0.1, 0.15) is 17.2 Å². The molecule has 0 heterocycles. The van der Waals surface area contributed by atoms with Crippen LogP contribution >= 0.6 is 22.6 Å². The van der Waals surface area contributed by atoms with E-state index in [1.165, 1.54) is 0 Å². The lowest BCUT2D eigenvalue weighted by atomic mass is 10.0. The van der Waals surface area contributed by atoms with Crippen LogP contribution < -0.4 is 0 Å². The minimum Gasteiger partial charge on any atom is -0.363 e. The third-order valence-electron chi connectivity index (χ3n) is 3.13. The second-order valence-corrected chi connectivity index (χ2v) is 5.59. The van der Waals surface area contributed by atoms with Crippen molar-refractivity contribution in [3.8, 4) is 0 Å². The van der Waals surface area contributed by atoms with Gasteiger partial charge >= 0.3 is 0 Å². The van der Waals surface area contributed by atoms with Gasteiger partial charge in [-0.3, -0.25) is 0 Å². The average molecular weight is 414 g/mol. The fraction of sp³-hybridized carbons (Fsp3) is 0.222. The Bertz CT molecular complexity index is 585. The van der Waals surface area contributed by atoms with E-state index in [0.29, 0.717) is 5.56 Å². The van der Waals surface area contributed by atoms with Gasteiger partial charge in [-0.25, -0.2) is 8.78 Å². The number of halogens is 3. The maximum Gasteiger partial charge on any atom is 0.286 e. The van der Waals surface area contributed by atoms with Crippen LogP contribution in [0.15, 0.2) is 66.7 Å². The molecule has 0 saturated carbocycles. The molecule has 0 spiro atoms. The van der Waals surface area contributed by atoms with Crippen molar-refractivity contribution in [1.29, 1.82) is 0 Å². The zero-order valence-corrected chi connectivity index (χ0v) is 14.1. The molecule has 0 saturated heterocycles. The van der Waals surface area contributed by atoms with Gasteiger partial charge in [0.25, 0.3) is 5.92 Å². The smallest absolute Gasteiger partial charge is 0.286 e. The van der Waals surface area contributed by atoms with Gasteiger partial charge in [-0.15, -0.1) is 0 Å². The number of hydrogen-bond donors (Lipinski definition) is 0. The largest absolute Gasteiger partial charge is 0.363 e. The van der Waals surface area contributed by atoms with E-state index >= 15 is 0 Å². The first-order chi connectivity index (χ1) is 10.6. The Morgan fingerprint density at radius 2 is 1.59 bits per heavy atom. The van der Waals surface area contributed by atoms with Gasteiger partial charge in [-0.1, -0.05) is 95.4 Å². The molecule has 2 aromatic carbocycles.